The molecule has 0 aliphatic heterocycles. The first-order chi connectivity index (χ1) is 4.84. The molecule has 0 saturated carbocycles. The van der Waals surface area contributed by atoms with E-state index in [1.54, 1.807) is 6.92 Å². The first-order valence-electron chi connectivity index (χ1n) is 2.90. The minimum absolute atomic E-state index is 0. The van der Waals surface area contributed by atoms with E-state index in [-0.39, 0.29) is 18.1 Å². The van der Waals surface area contributed by atoms with Crippen molar-refractivity contribution >= 4 is 18.4 Å². The van der Waals surface area contributed by atoms with Crippen LogP contribution in [0.5, 0.6) is 0 Å². The minimum Gasteiger partial charge on any atom is -0.461 e. The highest BCUT2D eigenvalue weighted by Gasteiger charge is 2.07. The molecule has 0 bridgehead atoms. The summed E-state index contributed by atoms with van der Waals surface area (Å²) < 4.78 is 9.19. The van der Waals surface area contributed by atoms with Gasteiger partial charge in [0, 0.05) is 0 Å². The molecule has 1 heterocycles. The zero-order valence-electron chi connectivity index (χ0n) is 5.94. The number of rotatable bonds is 2. The Balaban J connectivity index is 0.000001000. The van der Waals surface area contributed by atoms with Gasteiger partial charge in [-0.25, -0.2) is 9.78 Å². The summed E-state index contributed by atoms with van der Waals surface area (Å²) in [5.74, 6) is -0.448. The van der Waals surface area contributed by atoms with Crippen LogP contribution in [0.2, 0.25) is 0 Å². The standard InChI is InChI=1S/C6H7NO3.ClH/c1-2-10-6(8)5-3-9-4-7-5;/h3-4H,2H2,1H3;1H. The van der Waals surface area contributed by atoms with Crippen molar-refractivity contribution in [1.29, 1.82) is 0 Å². The summed E-state index contributed by atoms with van der Waals surface area (Å²) in [6.45, 7) is 2.09. The molecule has 11 heavy (non-hydrogen) atoms. The number of halogens is 1. The van der Waals surface area contributed by atoms with Crippen molar-refractivity contribution < 1.29 is 13.9 Å². The van der Waals surface area contributed by atoms with Gasteiger partial charge in [-0.05, 0) is 6.92 Å². The summed E-state index contributed by atoms with van der Waals surface area (Å²) in [5.41, 5.74) is 0.210. The van der Waals surface area contributed by atoms with E-state index in [9.17, 15) is 4.79 Å². The van der Waals surface area contributed by atoms with Gasteiger partial charge >= 0.3 is 5.97 Å². The fraction of sp³-hybridized carbons (Fsp3) is 0.333. The fourth-order valence-corrected chi connectivity index (χ4v) is 0.518. The maximum Gasteiger partial charge on any atom is 0.360 e. The molecule has 0 fully saturated rings. The molecule has 0 aliphatic rings. The van der Waals surface area contributed by atoms with E-state index in [0.717, 1.165) is 0 Å². The Morgan fingerprint density at radius 1 is 1.82 bits per heavy atom. The molecule has 0 saturated heterocycles. The topological polar surface area (TPSA) is 52.3 Å². The lowest BCUT2D eigenvalue weighted by molar-refractivity contribution is 0.0519. The minimum atomic E-state index is -0.448. The van der Waals surface area contributed by atoms with Gasteiger partial charge in [0.25, 0.3) is 0 Å². The molecule has 0 N–H and O–H groups in total. The largest absolute Gasteiger partial charge is 0.461 e. The third-order valence-electron chi connectivity index (χ3n) is 0.917. The maximum atomic E-state index is 10.8. The van der Waals surface area contributed by atoms with Crippen molar-refractivity contribution in [2.24, 2.45) is 0 Å². The molecule has 1 rings (SSSR count). The lowest BCUT2D eigenvalue weighted by atomic mass is 10.5. The van der Waals surface area contributed by atoms with Crippen LogP contribution in [-0.4, -0.2) is 17.6 Å². The van der Waals surface area contributed by atoms with E-state index in [4.69, 9.17) is 0 Å². The van der Waals surface area contributed by atoms with Gasteiger partial charge in [0.05, 0.1) is 6.61 Å². The zero-order valence-corrected chi connectivity index (χ0v) is 6.76. The molecular weight excluding hydrogens is 170 g/mol. The lowest BCUT2D eigenvalue weighted by Crippen LogP contribution is -2.04. The van der Waals surface area contributed by atoms with Crippen LogP contribution in [0.4, 0.5) is 0 Å². The molecule has 0 aromatic carbocycles. The molecule has 5 heteroatoms. The number of hydrogen-bond acceptors (Lipinski definition) is 4. The summed E-state index contributed by atoms with van der Waals surface area (Å²) in [7, 11) is 0. The van der Waals surface area contributed by atoms with Crippen molar-refractivity contribution in [3.63, 3.8) is 0 Å². The predicted octanol–water partition coefficient (Wildman–Crippen LogP) is 1.27. The summed E-state index contributed by atoms with van der Waals surface area (Å²) in [6.07, 6.45) is 2.43. The van der Waals surface area contributed by atoms with E-state index < -0.39 is 5.97 Å². The van der Waals surface area contributed by atoms with Crippen LogP contribution in [0.1, 0.15) is 17.4 Å². The molecular formula is C6H8ClNO3. The molecule has 0 radical (unpaired) electrons. The Bertz CT molecular complexity index is 210. The van der Waals surface area contributed by atoms with E-state index in [0.29, 0.717) is 6.61 Å². The molecule has 1 aromatic rings. The van der Waals surface area contributed by atoms with Crippen molar-refractivity contribution in [3.8, 4) is 0 Å². The molecule has 0 atom stereocenters. The normalized spacial score (nSPS) is 8.45. The second kappa shape index (κ2) is 4.73. The van der Waals surface area contributed by atoms with Crippen LogP contribution < -0.4 is 0 Å². The Morgan fingerprint density at radius 2 is 2.55 bits per heavy atom. The van der Waals surface area contributed by atoms with Crippen LogP contribution in [0.15, 0.2) is 17.1 Å². The van der Waals surface area contributed by atoms with E-state index in [2.05, 4.69) is 14.1 Å². The van der Waals surface area contributed by atoms with E-state index in [1.165, 1.54) is 12.7 Å². The first kappa shape index (κ1) is 9.97. The average Bonchev–Trinajstić information content (AvgIpc) is 2.38. The van der Waals surface area contributed by atoms with E-state index >= 15 is 0 Å². The Labute approximate surface area is 70.0 Å². The quantitative estimate of drug-likeness (QED) is 0.639. The number of carbonyl (C=O) groups excluding carboxylic acids is 1. The Morgan fingerprint density at radius 3 is 3.00 bits per heavy atom. The molecule has 0 unspecified atom stereocenters. The number of carbonyl (C=O) groups is 1. The first-order valence-corrected chi connectivity index (χ1v) is 2.90. The van der Waals surface area contributed by atoms with Crippen molar-refractivity contribution in [2.75, 3.05) is 6.61 Å². The number of ether oxygens (including phenoxy) is 1. The van der Waals surface area contributed by atoms with Gasteiger partial charge in [-0.1, -0.05) is 0 Å². The fourth-order valence-electron chi connectivity index (χ4n) is 0.518. The highest BCUT2D eigenvalue weighted by molar-refractivity contribution is 5.86. The summed E-state index contributed by atoms with van der Waals surface area (Å²) in [5, 5.41) is 0. The van der Waals surface area contributed by atoms with Crippen LogP contribution in [0.25, 0.3) is 0 Å². The smallest absolute Gasteiger partial charge is 0.360 e. The number of hydrogen-bond donors (Lipinski definition) is 0. The second-order valence-electron chi connectivity index (χ2n) is 1.59. The van der Waals surface area contributed by atoms with Crippen LogP contribution in [0, 0.1) is 0 Å². The summed E-state index contributed by atoms with van der Waals surface area (Å²) in [4.78, 5) is 14.4. The van der Waals surface area contributed by atoms with Gasteiger partial charge in [-0.2, -0.15) is 0 Å². The number of nitrogens with zero attached hydrogens (tertiary/aromatic N) is 1. The SMILES string of the molecule is CCOC(=O)c1cocn1.Cl. The molecule has 0 spiro atoms. The zero-order chi connectivity index (χ0) is 7.40. The van der Waals surface area contributed by atoms with Crippen molar-refractivity contribution in [3.05, 3.63) is 18.4 Å². The van der Waals surface area contributed by atoms with Crippen molar-refractivity contribution in [1.82, 2.24) is 4.98 Å². The Hall–Kier alpha value is -1.03. The lowest BCUT2D eigenvalue weighted by Gasteiger charge is -1.94. The van der Waals surface area contributed by atoms with Gasteiger partial charge in [0.15, 0.2) is 12.1 Å². The van der Waals surface area contributed by atoms with Crippen LogP contribution in [-0.2, 0) is 4.74 Å². The monoisotopic (exact) mass is 177 g/mol. The Kier molecular flexibility index (Phi) is 4.29. The molecule has 1 aromatic heterocycles. The van der Waals surface area contributed by atoms with Crippen LogP contribution >= 0.6 is 12.4 Å². The molecule has 0 aliphatic carbocycles. The van der Waals surface area contributed by atoms with Gasteiger partial charge in [-0.3, -0.25) is 0 Å². The molecule has 4 nitrogen and oxygen atoms in total. The number of oxazole rings is 1. The van der Waals surface area contributed by atoms with Crippen molar-refractivity contribution in [2.45, 2.75) is 6.92 Å². The third-order valence-corrected chi connectivity index (χ3v) is 0.917. The van der Waals surface area contributed by atoms with Gasteiger partial charge in [0.1, 0.15) is 6.26 Å². The number of aromatic nitrogens is 1. The summed E-state index contributed by atoms with van der Waals surface area (Å²) >= 11 is 0. The van der Waals surface area contributed by atoms with Gasteiger partial charge < -0.3 is 9.15 Å². The highest BCUT2D eigenvalue weighted by Crippen LogP contribution is 1.96. The third kappa shape index (κ3) is 2.59. The average molecular weight is 178 g/mol. The second-order valence-corrected chi connectivity index (χ2v) is 1.59. The van der Waals surface area contributed by atoms with Gasteiger partial charge in [0.2, 0.25) is 0 Å². The summed E-state index contributed by atoms with van der Waals surface area (Å²) in [6, 6.07) is 0. The molecule has 62 valence electrons. The van der Waals surface area contributed by atoms with Crippen LogP contribution in [0.3, 0.4) is 0 Å². The van der Waals surface area contributed by atoms with Gasteiger partial charge in [-0.15, -0.1) is 12.4 Å². The predicted molar refractivity (Wildman–Crippen MR) is 39.7 cm³/mol. The number of esters is 1. The van der Waals surface area contributed by atoms with E-state index in [1.807, 2.05) is 0 Å². The highest BCUT2D eigenvalue weighted by atomic mass is 35.5. The molecule has 0 amide bonds. The maximum absolute atomic E-state index is 10.8.